The van der Waals surface area contributed by atoms with E-state index in [-0.39, 0.29) is 5.54 Å². The van der Waals surface area contributed by atoms with Crippen molar-refractivity contribution in [3.8, 4) is 0 Å². The van der Waals surface area contributed by atoms with Crippen molar-refractivity contribution < 1.29 is 4.42 Å². The second kappa shape index (κ2) is 10.5. The zero-order chi connectivity index (χ0) is 17.1. The van der Waals surface area contributed by atoms with Crippen LogP contribution in [0.3, 0.4) is 0 Å². The first-order valence-electron chi connectivity index (χ1n) is 9.30. The smallest absolute Gasteiger partial charge is 0.138 e. The van der Waals surface area contributed by atoms with Gasteiger partial charge in [0.2, 0.25) is 0 Å². The summed E-state index contributed by atoms with van der Waals surface area (Å²) in [6.45, 7) is 10.8. The normalized spacial score (nSPS) is 13.2. The van der Waals surface area contributed by atoms with E-state index in [1.165, 1.54) is 44.1 Å². The quantitative estimate of drug-likeness (QED) is 0.335. The van der Waals surface area contributed by atoms with Gasteiger partial charge in [-0.1, -0.05) is 45.6 Å². The van der Waals surface area contributed by atoms with Gasteiger partial charge in [0.1, 0.15) is 5.76 Å². The number of hydrogen-bond donors (Lipinski definition) is 0. The van der Waals surface area contributed by atoms with Crippen molar-refractivity contribution in [3.05, 3.63) is 29.7 Å². The molecule has 0 aromatic carbocycles. The monoisotopic (exact) mass is 317 g/mol. The lowest BCUT2D eigenvalue weighted by Gasteiger charge is -2.11. The highest BCUT2D eigenvalue weighted by molar-refractivity contribution is 5.86. The lowest BCUT2D eigenvalue weighted by molar-refractivity contribution is 0.547. The Hall–Kier alpha value is -1.31. The molecule has 1 rings (SSSR count). The summed E-state index contributed by atoms with van der Waals surface area (Å²) in [5.41, 5.74) is 2.41. The molecule has 0 bridgehead atoms. The fourth-order valence-electron chi connectivity index (χ4n) is 2.49. The number of rotatable bonds is 10. The van der Waals surface area contributed by atoms with Crippen LogP contribution in [0, 0.1) is 0 Å². The Labute approximate surface area is 143 Å². The Kier molecular flexibility index (Phi) is 8.98. The topological polar surface area (TPSA) is 25.5 Å². The third-order valence-corrected chi connectivity index (χ3v) is 3.83. The molecular formula is C21H35NO. The highest BCUT2D eigenvalue weighted by Crippen LogP contribution is 2.26. The molecule has 0 aliphatic heterocycles. The minimum Gasteiger partial charge on any atom is -0.464 e. The van der Waals surface area contributed by atoms with E-state index in [0.29, 0.717) is 0 Å². The van der Waals surface area contributed by atoms with Gasteiger partial charge in [-0.15, -0.1) is 0 Å². The zero-order valence-corrected chi connectivity index (χ0v) is 15.8. The first kappa shape index (κ1) is 19.7. The Balaban J connectivity index is 2.88. The van der Waals surface area contributed by atoms with Crippen molar-refractivity contribution in [3.63, 3.8) is 0 Å². The second-order valence-electron chi connectivity index (χ2n) is 7.32. The molecule has 0 aliphatic carbocycles. The summed E-state index contributed by atoms with van der Waals surface area (Å²) in [5, 5.41) is 0. The molecule has 2 heteroatoms. The highest BCUT2D eigenvalue weighted by atomic mass is 16.3. The van der Waals surface area contributed by atoms with Crippen LogP contribution in [0.5, 0.6) is 0 Å². The van der Waals surface area contributed by atoms with E-state index in [2.05, 4.69) is 45.7 Å². The molecule has 0 aliphatic rings. The molecule has 0 amide bonds. The Bertz CT molecular complexity index is 488. The summed E-state index contributed by atoms with van der Waals surface area (Å²) in [6, 6.07) is 2.03. The summed E-state index contributed by atoms with van der Waals surface area (Å²) in [6.07, 6.45) is 16.0. The second-order valence-corrected chi connectivity index (χ2v) is 7.32. The molecule has 1 heterocycles. The molecule has 0 spiro atoms. The highest BCUT2D eigenvalue weighted by Gasteiger charge is 2.12. The summed E-state index contributed by atoms with van der Waals surface area (Å²) in [5.74, 6) is 1.02. The van der Waals surface area contributed by atoms with Gasteiger partial charge in [-0.25, -0.2) is 0 Å². The van der Waals surface area contributed by atoms with E-state index >= 15 is 0 Å². The van der Waals surface area contributed by atoms with E-state index < -0.39 is 0 Å². The van der Waals surface area contributed by atoms with Crippen LogP contribution in [0.4, 0.5) is 0 Å². The summed E-state index contributed by atoms with van der Waals surface area (Å²) in [4.78, 5) is 4.64. The first-order valence-corrected chi connectivity index (χ1v) is 9.30. The van der Waals surface area contributed by atoms with Gasteiger partial charge < -0.3 is 4.42 Å². The van der Waals surface area contributed by atoms with Crippen molar-refractivity contribution in [1.82, 2.24) is 0 Å². The van der Waals surface area contributed by atoms with Gasteiger partial charge in [-0.2, -0.15) is 0 Å². The van der Waals surface area contributed by atoms with Gasteiger partial charge in [-0.3, -0.25) is 4.99 Å². The third kappa shape index (κ3) is 8.20. The van der Waals surface area contributed by atoms with Crippen LogP contribution in [0.1, 0.15) is 97.3 Å². The minimum atomic E-state index is -0.0538. The third-order valence-electron chi connectivity index (χ3n) is 3.83. The van der Waals surface area contributed by atoms with Crippen LogP contribution in [-0.4, -0.2) is 11.8 Å². The van der Waals surface area contributed by atoms with Gasteiger partial charge in [0, 0.05) is 11.8 Å². The maximum atomic E-state index is 5.82. The van der Waals surface area contributed by atoms with Crippen LogP contribution in [0.15, 0.2) is 27.8 Å². The van der Waals surface area contributed by atoms with Crippen molar-refractivity contribution in [1.29, 1.82) is 0 Å². The number of furan rings is 1. The van der Waals surface area contributed by atoms with Crippen LogP contribution in [-0.2, 0) is 0 Å². The van der Waals surface area contributed by atoms with E-state index in [0.717, 1.165) is 24.2 Å². The standard InChI is InChI=1S/C21H35NO/c1-6-8-10-12-14-18(13-11-9-7-2)20-19(15-16-23-20)17-22-21(3,4)5/h14-17H,6-13H2,1-5H3/b18-14+,22-17?. The molecule has 1 aromatic rings. The Morgan fingerprint density at radius 1 is 1.09 bits per heavy atom. The van der Waals surface area contributed by atoms with Crippen LogP contribution < -0.4 is 0 Å². The zero-order valence-electron chi connectivity index (χ0n) is 15.8. The van der Waals surface area contributed by atoms with E-state index in [1.807, 2.05) is 12.3 Å². The number of unbranched alkanes of at least 4 members (excludes halogenated alkanes) is 5. The maximum absolute atomic E-state index is 5.82. The SMILES string of the molecule is CCCCC/C=C(\CCCCC)c1occc1C=NC(C)(C)C. The van der Waals surface area contributed by atoms with Crippen molar-refractivity contribution >= 4 is 11.8 Å². The van der Waals surface area contributed by atoms with Crippen LogP contribution in [0.25, 0.3) is 5.57 Å². The number of aliphatic imine (C=N–C) groups is 1. The van der Waals surface area contributed by atoms with Gasteiger partial charge in [0.05, 0.1) is 11.8 Å². The van der Waals surface area contributed by atoms with Gasteiger partial charge in [0.15, 0.2) is 0 Å². The number of allylic oxidation sites excluding steroid dienone is 2. The summed E-state index contributed by atoms with van der Waals surface area (Å²) >= 11 is 0. The van der Waals surface area contributed by atoms with Gasteiger partial charge >= 0.3 is 0 Å². The lowest BCUT2D eigenvalue weighted by Crippen LogP contribution is -2.09. The average molecular weight is 318 g/mol. The summed E-state index contributed by atoms with van der Waals surface area (Å²) < 4.78 is 5.82. The fourth-order valence-corrected chi connectivity index (χ4v) is 2.49. The predicted molar refractivity (Wildman–Crippen MR) is 102 cm³/mol. The molecule has 0 radical (unpaired) electrons. The minimum absolute atomic E-state index is 0.0538. The van der Waals surface area contributed by atoms with Crippen LogP contribution >= 0.6 is 0 Å². The molecule has 130 valence electrons. The molecule has 0 fully saturated rings. The molecule has 0 saturated carbocycles. The molecule has 0 N–H and O–H groups in total. The molecule has 0 saturated heterocycles. The van der Waals surface area contributed by atoms with Crippen molar-refractivity contribution in [2.75, 3.05) is 0 Å². The van der Waals surface area contributed by atoms with E-state index in [9.17, 15) is 0 Å². The predicted octanol–water partition coefficient (Wildman–Crippen LogP) is 7.04. The van der Waals surface area contributed by atoms with Gasteiger partial charge in [-0.05, 0) is 58.1 Å². The Morgan fingerprint density at radius 2 is 1.78 bits per heavy atom. The van der Waals surface area contributed by atoms with E-state index in [1.54, 1.807) is 6.26 Å². The fraction of sp³-hybridized carbons (Fsp3) is 0.667. The number of hydrogen-bond acceptors (Lipinski definition) is 2. The van der Waals surface area contributed by atoms with Crippen LogP contribution in [0.2, 0.25) is 0 Å². The molecule has 0 unspecified atom stereocenters. The van der Waals surface area contributed by atoms with Crippen molar-refractivity contribution in [2.45, 2.75) is 91.5 Å². The maximum Gasteiger partial charge on any atom is 0.138 e. The number of nitrogens with zero attached hydrogens (tertiary/aromatic N) is 1. The van der Waals surface area contributed by atoms with E-state index in [4.69, 9.17) is 4.42 Å². The van der Waals surface area contributed by atoms with Crippen molar-refractivity contribution in [2.24, 2.45) is 4.99 Å². The lowest BCUT2D eigenvalue weighted by atomic mass is 10.0. The summed E-state index contributed by atoms with van der Waals surface area (Å²) in [7, 11) is 0. The first-order chi connectivity index (χ1) is 11.0. The molecule has 2 nitrogen and oxygen atoms in total. The largest absolute Gasteiger partial charge is 0.464 e. The molecule has 1 aromatic heterocycles. The Morgan fingerprint density at radius 3 is 2.43 bits per heavy atom. The van der Waals surface area contributed by atoms with Gasteiger partial charge in [0.25, 0.3) is 0 Å². The molecule has 0 atom stereocenters. The average Bonchev–Trinajstić information content (AvgIpc) is 2.95. The molecule has 23 heavy (non-hydrogen) atoms. The molecular weight excluding hydrogens is 282 g/mol.